The van der Waals surface area contributed by atoms with E-state index in [1.165, 1.54) is 12.1 Å². The van der Waals surface area contributed by atoms with E-state index in [0.29, 0.717) is 5.92 Å². The summed E-state index contributed by atoms with van der Waals surface area (Å²) in [4.78, 5) is 0. The molecule has 0 aliphatic heterocycles. The molecule has 0 spiro atoms. The zero-order valence-corrected chi connectivity index (χ0v) is 10.8. The molecule has 0 saturated heterocycles. The first-order valence-electron chi connectivity index (χ1n) is 6.49. The van der Waals surface area contributed by atoms with Crippen LogP contribution in [0.2, 0.25) is 0 Å². The third kappa shape index (κ3) is 3.55. The molecule has 0 radical (unpaired) electrons. The second-order valence-electron chi connectivity index (χ2n) is 5.26. The van der Waals surface area contributed by atoms with Crippen LogP contribution >= 0.6 is 0 Å². The molecule has 5 heteroatoms. The van der Waals surface area contributed by atoms with E-state index in [9.17, 15) is 13.2 Å². The molecule has 0 aromatic heterocycles. The molecule has 2 atom stereocenters. The van der Waals surface area contributed by atoms with E-state index in [1.807, 2.05) is 0 Å². The highest BCUT2D eigenvalue weighted by molar-refractivity contribution is 5.49. The molecule has 1 aromatic carbocycles. The van der Waals surface area contributed by atoms with E-state index in [-0.39, 0.29) is 17.5 Å². The minimum absolute atomic E-state index is 0.0942. The molecule has 0 amide bonds. The molecule has 2 rings (SSSR count). The van der Waals surface area contributed by atoms with E-state index in [1.54, 1.807) is 0 Å². The Bertz CT molecular complexity index is 445. The summed E-state index contributed by atoms with van der Waals surface area (Å²) in [6.07, 6.45) is -0.831. The van der Waals surface area contributed by atoms with Crippen LogP contribution in [-0.4, -0.2) is 6.10 Å². The van der Waals surface area contributed by atoms with Gasteiger partial charge in [-0.1, -0.05) is 13.3 Å². The summed E-state index contributed by atoms with van der Waals surface area (Å²) in [6.45, 7) is 2.10. The van der Waals surface area contributed by atoms with Gasteiger partial charge in [0, 0.05) is 5.69 Å². The number of hydrogen-bond acceptors (Lipinski definition) is 2. The number of alkyl halides is 3. The summed E-state index contributed by atoms with van der Waals surface area (Å²) in [5, 5.41) is 0. The maximum Gasteiger partial charge on any atom is 0.420 e. The van der Waals surface area contributed by atoms with Gasteiger partial charge in [0.25, 0.3) is 0 Å². The molecule has 1 aromatic rings. The second kappa shape index (κ2) is 5.31. The summed E-state index contributed by atoms with van der Waals surface area (Å²) >= 11 is 0. The highest BCUT2D eigenvalue weighted by Gasteiger charge is 2.35. The van der Waals surface area contributed by atoms with Crippen molar-refractivity contribution < 1.29 is 17.9 Å². The molecule has 1 aliphatic carbocycles. The Morgan fingerprint density at radius 3 is 2.63 bits per heavy atom. The number of rotatable bonds is 2. The number of hydrogen-bond donors (Lipinski definition) is 1. The summed E-state index contributed by atoms with van der Waals surface area (Å²) in [5.41, 5.74) is 4.73. The zero-order chi connectivity index (χ0) is 14.0. The molecule has 2 nitrogen and oxygen atoms in total. The maximum absolute atomic E-state index is 12.9. The third-order valence-electron chi connectivity index (χ3n) is 3.49. The zero-order valence-electron chi connectivity index (χ0n) is 10.8. The molecule has 1 saturated carbocycles. The van der Waals surface area contributed by atoms with Gasteiger partial charge >= 0.3 is 6.18 Å². The fourth-order valence-corrected chi connectivity index (χ4v) is 2.54. The average Bonchev–Trinajstić information content (AvgIpc) is 2.30. The number of nitrogen functional groups attached to an aromatic ring is 1. The van der Waals surface area contributed by atoms with Crippen LogP contribution in [0.4, 0.5) is 18.9 Å². The smallest absolute Gasteiger partial charge is 0.420 e. The maximum atomic E-state index is 12.9. The Morgan fingerprint density at radius 2 is 2.00 bits per heavy atom. The molecule has 19 heavy (non-hydrogen) atoms. The molecule has 2 N–H and O–H groups in total. The lowest BCUT2D eigenvalue weighted by molar-refractivity contribution is -0.139. The first-order valence-corrected chi connectivity index (χ1v) is 6.49. The fourth-order valence-electron chi connectivity index (χ4n) is 2.54. The highest BCUT2D eigenvalue weighted by atomic mass is 19.4. The van der Waals surface area contributed by atoms with Gasteiger partial charge in [-0.05, 0) is 43.4 Å². The van der Waals surface area contributed by atoms with Gasteiger partial charge in [0.1, 0.15) is 5.75 Å². The van der Waals surface area contributed by atoms with Crippen molar-refractivity contribution in [2.75, 3.05) is 5.73 Å². The first-order chi connectivity index (χ1) is 8.86. The van der Waals surface area contributed by atoms with E-state index < -0.39 is 11.7 Å². The van der Waals surface area contributed by atoms with Crippen LogP contribution in [0.5, 0.6) is 5.75 Å². The van der Waals surface area contributed by atoms with E-state index in [4.69, 9.17) is 10.5 Å². The molecule has 0 bridgehead atoms. The van der Waals surface area contributed by atoms with Crippen molar-refractivity contribution in [3.8, 4) is 5.75 Å². The first kappa shape index (κ1) is 14.0. The molecule has 0 heterocycles. The van der Waals surface area contributed by atoms with Crippen LogP contribution in [-0.2, 0) is 6.18 Å². The molecule has 1 aliphatic rings. The Hall–Kier alpha value is -1.39. The summed E-state index contributed by atoms with van der Waals surface area (Å²) in [7, 11) is 0. The number of halogens is 3. The van der Waals surface area contributed by atoms with Gasteiger partial charge < -0.3 is 10.5 Å². The van der Waals surface area contributed by atoms with Gasteiger partial charge in [-0.2, -0.15) is 13.2 Å². The second-order valence-corrected chi connectivity index (χ2v) is 5.26. The van der Waals surface area contributed by atoms with Crippen molar-refractivity contribution in [1.82, 2.24) is 0 Å². The molecule has 1 fully saturated rings. The van der Waals surface area contributed by atoms with Crippen LogP contribution in [0.25, 0.3) is 0 Å². The molecular formula is C14H18F3NO. The van der Waals surface area contributed by atoms with Gasteiger partial charge in [-0.25, -0.2) is 0 Å². The van der Waals surface area contributed by atoms with Crippen LogP contribution in [0, 0.1) is 5.92 Å². The van der Waals surface area contributed by atoms with Crippen molar-refractivity contribution in [2.24, 2.45) is 5.92 Å². The Balaban J connectivity index is 2.20. The number of ether oxygens (including phenoxy) is 1. The summed E-state index contributed by atoms with van der Waals surface area (Å²) in [6, 6.07) is 3.69. The van der Waals surface area contributed by atoms with Gasteiger partial charge in [0.15, 0.2) is 0 Å². The standard InChI is InChI=1S/C14H18F3NO/c1-9-3-2-4-11(7-9)19-13-6-5-10(18)8-12(13)14(15,16)17/h5-6,8-9,11H,2-4,7,18H2,1H3. The van der Waals surface area contributed by atoms with Crippen LogP contribution in [0.15, 0.2) is 18.2 Å². The summed E-state index contributed by atoms with van der Waals surface area (Å²) in [5.74, 6) is 0.391. The van der Waals surface area contributed by atoms with E-state index in [0.717, 1.165) is 31.7 Å². The van der Waals surface area contributed by atoms with Gasteiger partial charge in [-0.15, -0.1) is 0 Å². The average molecular weight is 273 g/mol. The lowest BCUT2D eigenvalue weighted by atomic mass is 9.88. The SMILES string of the molecule is CC1CCCC(Oc2ccc(N)cc2C(F)(F)F)C1. The topological polar surface area (TPSA) is 35.2 Å². The van der Waals surface area contributed by atoms with Crippen molar-refractivity contribution in [3.63, 3.8) is 0 Å². The number of anilines is 1. The van der Waals surface area contributed by atoms with Crippen LogP contribution in [0.3, 0.4) is 0 Å². The number of benzene rings is 1. The van der Waals surface area contributed by atoms with E-state index in [2.05, 4.69) is 6.92 Å². The largest absolute Gasteiger partial charge is 0.490 e. The Labute approximate surface area is 110 Å². The van der Waals surface area contributed by atoms with Gasteiger partial charge in [-0.3, -0.25) is 0 Å². The van der Waals surface area contributed by atoms with Crippen molar-refractivity contribution in [1.29, 1.82) is 0 Å². The fraction of sp³-hybridized carbons (Fsp3) is 0.571. The number of nitrogens with two attached hydrogens (primary N) is 1. The third-order valence-corrected chi connectivity index (χ3v) is 3.49. The quantitative estimate of drug-likeness (QED) is 0.818. The molecular weight excluding hydrogens is 255 g/mol. The highest BCUT2D eigenvalue weighted by Crippen LogP contribution is 2.39. The normalized spacial score (nSPS) is 24.2. The van der Waals surface area contributed by atoms with E-state index >= 15 is 0 Å². The van der Waals surface area contributed by atoms with Crippen LogP contribution in [0.1, 0.15) is 38.2 Å². The lowest BCUT2D eigenvalue weighted by Crippen LogP contribution is -2.25. The Morgan fingerprint density at radius 1 is 1.26 bits per heavy atom. The minimum Gasteiger partial charge on any atom is -0.490 e. The van der Waals surface area contributed by atoms with Crippen molar-refractivity contribution in [3.05, 3.63) is 23.8 Å². The van der Waals surface area contributed by atoms with Crippen LogP contribution < -0.4 is 10.5 Å². The lowest BCUT2D eigenvalue weighted by Gasteiger charge is -2.28. The minimum atomic E-state index is -4.44. The monoisotopic (exact) mass is 273 g/mol. The van der Waals surface area contributed by atoms with Gasteiger partial charge in [0.2, 0.25) is 0 Å². The summed E-state index contributed by atoms with van der Waals surface area (Å²) < 4.78 is 44.3. The Kier molecular flexibility index (Phi) is 3.92. The predicted octanol–water partition coefficient (Wildman–Crippen LogP) is 4.25. The van der Waals surface area contributed by atoms with Crippen molar-refractivity contribution in [2.45, 2.75) is 44.9 Å². The molecule has 2 unspecified atom stereocenters. The van der Waals surface area contributed by atoms with Crippen molar-refractivity contribution >= 4 is 5.69 Å². The predicted molar refractivity (Wildman–Crippen MR) is 67.9 cm³/mol. The molecule has 106 valence electrons. The van der Waals surface area contributed by atoms with Gasteiger partial charge in [0.05, 0.1) is 11.7 Å².